The van der Waals surface area contributed by atoms with E-state index in [1.807, 2.05) is 55.5 Å². The number of rotatable bonds is 7. The number of aromatic nitrogens is 2. The number of ether oxygens (including phenoxy) is 1. The predicted molar refractivity (Wildman–Crippen MR) is 110 cm³/mol. The van der Waals surface area contributed by atoms with Gasteiger partial charge in [-0.25, -0.2) is 9.97 Å². The molecule has 144 valence electrons. The minimum atomic E-state index is -0.228. The summed E-state index contributed by atoms with van der Waals surface area (Å²) in [6.07, 6.45) is 0.675. The number of nitrogens with zero attached hydrogens (tertiary/aromatic N) is 2. The second-order valence-electron chi connectivity index (χ2n) is 6.44. The molecule has 0 fully saturated rings. The summed E-state index contributed by atoms with van der Waals surface area (Å²) in [4.78, 5) is 21.2. The molecule has 0 saturated carbocycles. The van der Waals surface area contributed by atoms with Crippen molar-refractivity contribution in [3.05, 3.63) is 77.2 Å². The molecule has 1 heterocycles. The fraction of sp³-hybridized carbons (Fsp3) is 0.227. The van der Waals surface area contributed by atoms with E-state index in [9.17, 15) is 4.79 Å². The van der Waals surface area contributed by atoms with E-state index >= 15 is 0 Å². The van der Waals surface area contributed by atoms with Gasteiger partial charge >= 0.3 is 0 Å². The van der Waals surface area contributed by atoms with Crippen LogP contribution in [0.1, 0.15) is 27.4 Å². The molecule has 6 heteroatoms. The van der Waals surface area contributed by atoms with Gasteiger partial charge in [0.25, 0.3) is 5.91 Å². The number of methoxy groups -OCH3 is 1. The van der Waals surface area contributed by atoms with Gasteiger partial charge in [0.15, 0.2) is 0 Å². The van der Waals surface area contributed by atoms with Crippen molar-refractivity contribution in [1.82, 2.24) is 15.3 Å². The molecule has 3 aromatic rings. The fourth-order valence-corrected chi connectivity index (χ4v) is 2.91. The van der Waals surface area contributed by atoms with Gasteiger partial charge in [0, 0.05) is 18.3 Å². The van der Waals surface area contributed by atoms with Crippen LogP contribution in [0.15, 0.2) is 54.6 Å². The average molecular weight is 376 g/mol. The zero-order chi connectivity index (χ0) is 19.9. The molecule has 2 N–H and O–H groups in total. The molecule has 0 saturated heterocycles. The molecule has 6 nitrogen and oxygen atoms in total. The van der Waals surface area contributed by atoms with Gasteiger partial charge in [-0.2, -0.15) is 0 Å². The normalized spacial score (nSPS) is 10.4. The maximum atomic E-state index is 12.6. The molecule has 0 atom stereocenters. The third-order valence-electron chi connectivity index (χ3n) is 4.35. The van der Waals surface area contributed by atoms with Crippen molar-refractivity contribution in [2.24, 2.45) is 0 Å². The number of para-hydroxylation sites is 2. The monoisotopic (exact) mass is 376 g/mol. The maximum Gasteiger partial charge on any atom is 0.270 e. The highest BCUT2D eigenvalue weighted by molar-refractivity contribution is 5.93. The summed E-state index contributed by atoms with van der Waals surface area (Å²) in [7, 11) is 1.64. The van der Waals surface area contributed by atoms with Crippen LogP contribution < -0.4 is 15.4 Å². The molecule has 0 aliphatic carbocycles. The molecule has 1 aromatic heterocycles. The SMILES string of the molecule is COc1ccccc1CCNC(=O)c1cc(Nc2ccccc2C)nc(C)n1. The first-order valence-electron chi connectivity index (χ1n) is 9.15. The van der Waals surface area contributed by atoms with E-state index < -0.39 is 0 Å². The van der Waals surface area contributed by atoms with Crippen molar-refractivity contribution in [3.63, 3.8) is 0 Å². The molecule has 3 rings (SSSR count). The lowest BCUT2D eigenvalue weighted by atomic mass is 10.1. The molecule has 1 amide bonds. The Morgan fingerprint density at radius 3 is 2.57 bits per heavy atom. The van der Waals surface area contributed by atoms with E-state index in [1.165, 1.54) is 0 Å². The summed E-state index contributed by atoms with van der Waals surface area (Å²) >= 11 is 0. The highest BCUT2D eigenvalue weighted by Gasteiger charge is 2.11. The number of nitrogens with one attached hydrogen (secondary N) is 2. The summed E-state index contributed by atoms with van der Waals surface area (Å²) in [5, 5.41) is 6.17. The standard InChI is InChI=1S/C22H24N4O2/c1-15-8-4-6-10-18(15)26-21-14-19(24-16(2)25-21)22(27)23-13-12-17-9-5-7-11-20(17)28-3/h4-11,14H,12-13H2,1-3H3,(H,23,27)(H,24,25,26). The number of anilines is 2. The average Bonchev–Trinajstić information content (AvgIpc) is 2.69. The number of benzene rings is 2. The Hall–Kier alpha value is -3.41. The van der Waals surface area contributed by atoms with Crippen molar-refractivity contribution in [2.75, 3.05) is 19.0 Å². The third-order valence-corrected chi connectivity index (χ3v) is 4.35. The molecule has 0 unspecified atom stereocenters. The summed E-state index contributed by atoms with van der Waals surface area (Å²) in [6.45, 7) is 4.28. The minimum absolute atomic E-state index is 0.228. The van der Waals surface area contributed by atoms with Crippen molar-refractivity contribution in [1.29, 1.82) is 0 Å². The van der Waals surface area contributed by atoms with Crippen molar-refractivity contribution in [2.45, 2.75) is 20.3 Å². The van der Waals surface area contributed by atoms with Crippen LogP contribution in [0.25, 0.3) is 0 Å². The summed E-state index contributed by atoms with van der Waals surface area (Å²) in [6, 6.07) is 17.4. The Morgan fingerprint density at radius 1 is 1.04 bits per heavy atom. The van der Waals surface area contributed by atoms with E-state index in [1.54, 1.807) is 20.1 Å². The first-order valence-corrected chi connectivity index (χ1v) is 9.15. The Labute approximate surface area is 165 Å². The van der Waals surface area contributed by atoms with Gasteiger partial charge < -0.3 is 15.4 Å². The fourth-order valence-electron chi connectivity index (χ4n) is 2.91. The van der Waals surface area contributed by atoms with Crippen molar-refractivity contribution < 1.29 is 9.53 Å². The number of hydrogen-bond acceptors (Lipinski definition) is 5. The van der Waals surface area contributed by atoms with Crippen LogP contribution >= 0.6 is 0 Å². The Balaban J connectivity index is 1.66. The topological polar surface area (TPSA) is 76.1 Å². The van der Waals surface area contributed by atoms with Crippen LogP contribution in [-0.4, -0.2) is 29.5 Å². The van der Waals surface area contributed by atoms with E-state index in [2.05, 4.69) is 20.6 Å². The van der Waals surface area contributed by atoms with Gasteiger partial charge in [0.2, 0.25) is 0 Å². The quantitative estimate of drug-likeness (QED) is 0.656. The largest absolute Gasteiger partial charge is 0.496 e. The summed E-state index contributed by atoms with van der Waals surface area (Å²) < 4.78 is 5.34. The molecule has 0 spiro atoms. The lowest BCUT2D eigenvalue weighted by Gasteiger charge is -2.11. The molecule has 0 bridgehead atoms. The first-order chi connectivity index (χ1) is 13.6. The van der Waals surface area contributed by atoms with E-state index in [0.29, 0.717) is 30.3 Å². The third kappa shape index (κ3) is 4.85. The predicted octanol–water partition coefficient (Wildman–Crippen LogP) is 3.82. The van der Waals surface area contributed by atoms with Crippen LogP contribution in [0.2, 0.25) is 0 Å². The molecule has 0 aliphatic heterocycles. The van der Waals surface area contributed by atoms with Crippen LogP contribution in [0.3, 0.4) is 0 Å². The van der Waals surface area contributed by atoms with Gasteiger partial charge in [0.05, 0.1) is 7.11 Å². The lowest BCUT2D eigenvalue weighted by molar-refractivity contribution is 0.0948. The molecule has 28 heavy (non-hydrogen) atoms. The molecule has 0 radical (unpaired) electrons. The van der Waals surface area contributed by atoms with E-state index in [-0.39, 0.29) is 5.91 Å². The summed E-state index contributed by atoms with van der Waals surface area (Å²) in [5.41, 5.74) is 3.43. The Bertz CT molecular complexity index is 972. The van der Waals surface area contributed by atoms with Gasteiger partial charge in [-0.05, 0) is 43.5 Å². The number of aryl methyl sites for hydroxylation is 2. The number of carbonyl (C=O) groups is 1. The summed E-state index contributed by atoms with van der Waals surface area (Å²) in [5.74, 6) is 1.72. The number of hydrogen-bond donors (Lipinski definition) is 2. The second-order valence-corrected chi connectivity index (χ2v) is 6.44. The zero-order valence-corrected chi connectivity index (χ0v) is 16.3. The van der Waals surface area contributed by atoms with Crippen LogP contribution in [0.5, 0.6) is 5.75 Å². The Kier molecular flexibility index (Phi) is 6.22. The molecular weight excluding hydrogens is 352 g/mol. The van der Waals surface area contributed by atoms with E-state index in [4.69, 9.17) is 4.74 Å². The minimum Gasteiger partial charge on any atom is -0.496 e. The number of amides is 1. The first kappa shape index (κ1) is 19.4. The van der Waals surface area contributed by atoms with Gasteiger partial charge in [0.1, 0.15) is 23.1 Å². The molecule has 2 aromatic carbocycles. The highest BCUT2D eigenvalue weighted by Crippen LogP contribution is 2.19. The highest BCUT2D eigenvalue weighted by atomic mass is 16.5. The van der Waals surface area contributed by atoms with Gasteiger partial charge in [-0.3, -0.25) is 4.79 Å². The van der Waals surface area contributed by atoms with Crippen molar-refractivity contribution in [3.8, 4) is 5.75 Å². The maximum absolute atomic E-state index is 12.6. The van der Waals surface area contributed by atoms with Crippen LogP contribution in [0, 0.1) is 13.8 Å². The van der Waals surface area contributed by atoms with Gasteiger partial charge in [-0.1, -0.05) is 36.4 Å². The van der Waals surface area contributed by atoms with E-state index in [0.717, 1.165) is 22.6 Å². The van der Waals surface area contributed by atoms with Crippen LogP contribution in [-0.2, 0) is 6.42 Å². The smallest absolute Gasteiger partial charge is 0.270 e. The molecule has 0 aliphatic rings. The Morgan fingerprint density at radius 2 is 1.79 bits per heavy atom. The van der Waals surface area contributed by atoms with Gasteiger partial charge in [-0.15, -0.1) is 0 Å². The number of carbonyl (C=O) groups excluding carboxylic acids is 1. The lowest BCUT2D eigenvalue weighted by Crippen LogP contribution is -2.27. The van der Waals surface area contributed by atoms with Crippen LogP contribution in [0.4, 0.5) is 11.5 Å². The molecular formula is C22H24N4O2. The van der Waals surface area contributed by atoms with Crippen molar-refractivity contribution >= 4 is 17.4 Å². The zero-order valence-electron chi connectivity index (χ0n) is 16.3. The second kappa shape index (κ2) is 8.99.